The summed E-state index contributed by atoms with van der Waals surface area (Å²) in [5.74, 6) is -0.655. The largest absolute Gasteiger partial charge is 0.489 e. The first kappa shape index (κ1) is 24.3. The Kier molecular flexibility index (Phi) is 6.04. The number of hydrogen-bond donors (Lipinski definition) is 0. The molecule has 4 aromatic carbocycles. The number of amides is 1. The second-order valence-electron chi connectivity index (χ2n) is 9.34. The molecule has 0 radical (unpaired) electrons. The molecule has 6 nitrogen and oxygen atoms in total. The molecule has 1 unspecified atom stereocenters. The van der Waals surface area contributed by atoms with Gasteiger partial charge in [0, 0.05) is 11.3 Å². The first-order valence-electron chi connectivity index (χ1n) is 12.4. The summed E-state index contributed by atoms with van der Waals surface area (Å²) in [5.41, 5.74) is 2.44. The molecule has 0 fully saturated rings. The molecule has 0 spiro atoms. The van der Waals surface area contributed by atoms with Crippen LogP contribution in [0.1, 0.15) is 50.6 Å². The number of fused-ring (bicyclic) bond motifs is 2. The molecule has 0 aliphatic carbocycles. The van der Waals surface area contributed by atoms with Crippen molar-refractivity contribution in [3.8, 4) is 5.75 Å². The summed E-state index contributed by atoms with van der Waals surface area (Å²) in [6.07, 6.45) is 0. The number of ketones is 1. The van der Waals surface area contributed by atoms with E-state index < -0.39 is 23.2 Å². The molecule has 1 amide bonds. The van der Waals surface area contributed by atoms with E-state index in [1.54, 1.807) is 48.5 Å². The molecule has 39 heavy (non-hydrogen) atoms. The van der Waals surface area contributed by atoms with Gasteiger partial charge in [0.15, 0.2) is 11.2 Å². The maximum absolute atomic E-state index is 14.1. The van der Waals surface area contributed by atoms with E-state index in [1.807, 2.05) is 30.3 Å². The van der Waals surface area contributed by atoms with Crippen LogP contribution in [0.3, 0.4) is 0 Å². The van der Waals surface area contributed by atoms with E-state index in [2.05, 4.69) is 0 Å². The van der Waals surface area contributed by atoms with Crippen molar-refractivity contribution in [2.75, 3.05) is 4.90 Å². The third-order valence-corrected chi connectivity index (χ3v) is 6.83. The van der Waals surface area contributed by atoms with E-state index in [0.717, 1.165) is 11.6 Å². The van der Waals surface area contributed by atoms with Crippen LogP contribution in [0.4, 0.5) is 10.1 Å². The van der Waals surface area contributed by atoms with Gasteiger partial charge in [0.1, 0.15) is 23.8 Å². The second kappa shape index (κ2) is 9.68. The smallest absolute Gasteiger partial charge is 0.295 e. The molecule has 0 saturated heterocycles. The fourth-order valence-corrected chi connectivity index (χ4v) is 4.87. The zero-order valence-electron chi connectivity index (χ0n) is 20.9. The molecular formula is C32H22FNO5. The Bertz CT molecular complexity index is 1780. The fourth-order valence-electron chi connectivity index (χ4n) is 4.87. The van der Waals surface area contributed by atoms with E-state index in [1.165, 1.54) is 24.0 Å². The molecule has 0 bridgehead atoms. The predicted molar refractivity (Wildman–Crippen MR) is 145 cm³/mol. The van der Waals surface area contributed by atoms with Crippen LogP contribution in [0, 0.1) is 5.82 Å². The first-order chi connectivity index (χ1) is 18.9. The van der Waals surface area contributed by atoms with Crippen molar-refractivity contribution in [3.63, 3.8) is 0 Å². The molecule has 1 atom stereocenters. The van der Waals surface area contributed by atoms with Crippen molar-refractivity contribution in [2.45, 2.75) is 19.6 Å². The lowest BCUT2D eigenvalue weighted by Crippen LogP contribution is -2.29. The number of rotatable bonds is 6. The van der Waals surface area contributed by atoms with Gasteiger partial charge in [0.2, 0.25) is 5.76 Å². The lowest BCUT2D eigenvalue weighted by molar-refractivity contribution is 0.0970. The molecule has 1 aliphatic heterocycles. The van der Waals surface area contributed by atoms with Gasteiger partial charge in [-0.05, 0) is 72.6 Å². The van der Waals surface area contributed by atoms with Gasteiger partial charge in [-0.15, -0.1) is 0 Å². The molecule has 1 aromatic heterocycles. The highest BCUT2D eigenvalue weighted by atomic mass is 19.1. The molecule has 2 heterocycles. The summed E-state index contributed by atoms with van der Waals surface area (Å²) in [6, 6.07) is 26.3. The average Bonchev–Trinajstić information content (AvgIpc) is 3.25. The zero-order valence-corrected chi connectivity index (χ0v) is 20.9. The summed E-state index contributed by atoms with van der Waals surface area (Å²) >= 11 is 0. The van der Waals surface area contributed by atoms with Crippen molar-refractivity contribution in [1.82, 2.24) is 0 Å². The van der Waals surface area contributed by atoms with Crippen molar-refractivity contribution in [2.24, 2.45) is 0 Å². The fraction of sp³-hybridized carbons (Fsp3) is 0.0938. The van der Waals surface area contributed by atoms with Gasteiger partial charge < -0.3 is 9.15 Å². The molecule has 5 aromatic rings. The van der Waals surface area contributed by atoms with Gasteiger partial charge in [-0.25, -0.2) is 4.39 Å². The third-order valence-electron chi connectivity index (χ3n) is 6.83. The first-order valence-corrected chi connectivity index (χ1v) is 12.4. The highest BCUT2D eigenvalue weighted by Gasteiger charge is 2.43. The highest BCUT2D eigenvalue weighted by molar-refractivity contribution is 6.11. The van der Waals surface area contributed by atoms with Gasteiger partial charge in [-0.1, -0.05) is 42.5 Å². The number of anilines is 1. The summed E-state index contributed by atoms with van der Waals surface area (Å²) in [4.78, 5) is 40.7. The summed E-state index contributed by atoms with van der Waals surface area (Å²) < 4.78 is 25.9. The van der Waals surface area contributed by atoms with Crippen LogP contribution in [0.2, 0.25) is 0 Å². The summed E-state index contributed by atoms with van der Waals surface area (Å²) in [6.45, 7) is 1.85. The predicted octanol–water partition coefficient (Wildman–Crippen LogP) is 6.46. The number of Topliss-reactive ketones (excluding diaryl/α,β-unsaturated/α-hetero) is 1. The van der Waals surface area contributed by atoms with Crippen LogP contribution in [-0.2, 0) is 6.61 Å². The number of carbonyl (C=O) groups excluding carboxylic acids is 2. The van der Waals surface area contributed by atoms with Crippen LogP contribution in [-0.4, -0.2) is 11.7 Å². The molecule has 0 N–H and O–H groups in total. The van der Waals surface area contributed by atoms with Gasteiger partial charge in [0.05, 0.1) is 17.0 Å². The van der Waals surface area contributed by atoms with E-state index in [0.29, 0.717) is 29.2 Å². The van der Waals surface area contributed by atoms with E-state index >= 15 is 0 Å². The number of benzene rings is 4. The zero-order chi connectivity index (χ0) is 27.1. The maximum atomic E-state index is 14.1. The summed E-state index contributed by atoms with van der Waals surface area (Å²) in [5, 5.41) is 0.0585. The third kappa shape index (κ3) is 4.38. The molecular weight excluding hydrogens is 497 g/mol. The standard InChI is InChI=1S/C32H22FNO5/c1-19(35)21-7-12-24(13-8-21)34-29(22-9-14-25(15-10-22)38-18-20-5-3-2-4-6-20)28-30(36)26-17-23(33)11-16-27(26)39-31(28)32(34)37/h2-17,29H,18H2,1H3. The van der Waals surface area contributed by atoms with Crippen LogP contribution in [0.5, 0.6) is 5.75 Å². The average molecular weight is 520 g/mol. The molecule has 6 rings (SSSR count). The SMILES string of the molecule is CC(=O)c1ccc(N2C(=O)c3oc4ccc(F)cc4c(=O)c3C2c2ccc(OCc3ccccc3)cc2)cc1. The number of ether oxygens (including phenoxy) is 1. The van der Waals surface area contributed by atoms with E-state index in [-0.39, 0.29) is 28.1 Å². The second-order valence-corrected chi connectivity index (χ2v) is 9.34. The molecule has 7 heteroatoms. The van der Waals surface area contributed by atoms with E-state index in [9.17, 15) is 18.8 Å². The topological polar surface area (TPSA) is 76.8 Å². The highest BCUT2D eigenvalue weighted by Crippen LogP contribution is 2.41. The minimum Gasteiger partial charge on any atom is -0.489 e. The Labute approximate surface area is 222 Å². The molecule has 1 aliphatic rings. The van der Waals surface area contributed by atoms with Crippen LogP contribution < -0.4 is 15.1 Å². The lowest BCUT2D eigenvalue weighted by Gasteiger charge is -2.25. The van der Waals surface area contributed by atoms with Crippen LogP contribution in [0.25, 0.3) is 11.0 Å². The van der Waals surface area contributed by atoms with Crippen LogP contribution >= 0.6 is 0 Å². The van der Waals surface area contributed by atoms with Crippen molar-refractivity contribution < 1.29 is 23.1 Å². The Morgan fingerprint density at radius 2 is 1.64 bits per heavy atom. The van der Waals surface area contributed by atoms with Crippen molar-refractivity contribution >= 4 is 28.3 Å². The van der Waals surface area contributed by atoms with Gasteiger partial charge in [-0.2, -0.15) is 0 Å². The number of hydrogen-bond acceptors (Lipinski definition) is 5. The summed E-state index contributed by atoms with van der Waals surface area (Å²) in [7, 11) is 0. The maximum Gasteiger partial charge on any atom is 0.295 e. The minimum absolute atomic E-state index is 0.0585. The number of nitrogens with zero attached hydrogens (tertiary/aromatic N) is 1. The Balaban J connectivity index is 1.44. The Morgan fingerprint density at radius 1 is 0.923 bits per heavy atom. The quantitative estimate of drug-likeness (QED) is 0.241. The molecule has 0 saturated carbocycles. The number of carbonyl (C=O) groups is 2. The number of halogens is 1. The molecule has 192 valence electrons. The van der Waals surface area contributed by atoms with Gasteiger partial charge in [0.25, 0.3) is 5.91 Å². The lowest BCUT2D eigenvalue weighted by atomic mass is 9.98. The van der Waals surface area contributed by atoms with E-state index in [4.69, 9.17) is 9.15 Å². The van der Waals surface area contributed by atoms with Gasteiger partial charge in [-0.3, -0.25) is 19.3 Å². The minimum atomic E-state index is -0.831. The van der Waals surface area contributed by atoms with Gasteiger partial charge >= 0.3 is 0 Å². The monoisotopic (exact) mass is 519 g/mol. The van der Waals surface area contributed by atoms with Crippen LogP contribution in [0.15, 0.2) is 106 Å². The van der Waals surface area contributed by atoms with Crippen molar-refractivity contribution in [3.05, 3.63) is 141 Å². The Hall–Kier alpha value is -5.04. The normalized spacial score (nSPS) is 14.5. The Morgan fingerprint density at radius 3 is 2.33 bits per heavy atom. The van der Waals surface area contributed by atoms with Crippen molar-refractivity contribution in [1.29, 1.82) is 0 Å².